The number of aromatic nitrogens is 1. The van der Waals surface area contributed by atoms with E-state index in [1.807, 2.05) is 0 Å². The fraction of sp³-hybridized carbons (Fsp3) is 0.125. The van der Waals surface area contributed by atoms with Crippen molar-refractivity contribution >= 4 is 11.3 Å². The molecule has 0 aliphatic heterocycles. The Labute approximate surface area is 73.3 Å². The molecule has 0 amide bonds. The molecule has 0 spiro atoms. The van der Waals surface area contributed by atoms with Crippen molar-refractivity contribution in [2.75, 3.05) is 0 Å². The van der Waals surface area contributed by atoms with Gasteiger partial charge in [-0.25, -0.2) is 0 Å². The van der Waals surface area contributed by atoms with Gasteiger partial charge < -0.3 is 9.52 Å². The molecule has 1 atom stereocenters. The average Bonchev–Trinajstić information content (AvgIpc) is 2.77. The number of rotatable bonds is 2. The molecule has 0 saturated heterocycles. The summed E-state index contributed by atoms with van der Waals surface area (Å²) >= 11 is 1.41. The highest BCUT2D eigenvalue weighted by molar-refractivity contribution is 7.09. The Morgan fingerprint density at radius 3 is 3.08 bits per heavy atom. The maximum Gasteiger partial charge on any atom is 0.147 e. The highest BCUT2D eigenvalue weighted by atomic mass is 32.1. The lowest BCUT2D eigenvalue weighted by atomic mass is 10.2. The zero-order chi connectivity index (χ0) is 8.39. The van der Waals surface area contributed by atoms with Crippen LogP contribution in [0.2, 0.25) is 0 Å². The summed E-state index contributed by atoms with van der Waals surface area (Å²) in [6, 6.07) is 3.49. The molecule has 0 fully saturated rings. The minimum atomic E-state index is -0.674. The molecule has 2 aromatic heterocycles. The Balaban J connectivity index is 2.27. The van der Waals surface area contributed by atoms with E-state index in [1.165, 1.54) is 11.3 Å². The van der Waals surface area contributed by atoms with E-state index in [0.29, 0.717) is 5.76 Å². The van der Waals surface area contributed by atoms with Gasteiger partial charge in [0.1, 0.15) is 11.9 Å². The Bertz CT molecular complexity index is 294. The lowest BCUT2D eigenvalue weighted by Gasteiger charge is -2.02. The fourth-order valence-electron chi connectivity index (χ4n) is 0.948. The number of thiazole rings is 1. The Hall–Kier alpha value is -1.13. The number of hydrogen-bond acceptors (Lipinski definition) is 4. The molecule has 0 aliphatic carbocycles. The van der Waals surface area contributed by atoms with E-state index in [0.717, 1.165) is 4.88 Å². The van der Waals surface area contributed by atoms with Crippen LogP contribution < -0.4 is 0 Å². The summed E-state index contributed by atoms with van der Waals surface area (Å²) in [6.45, 7) is 0. The van der Waals surface area contributed by atoms with Crippen molar-refractivity contribution in [1.82, 2.24) is 4.98 Å². The third-order valence-corrected chi connectivity index (χ3v) is 2.36. The zero-order valence-corrected chi connectivity index (χ0v) is 6.99. The predicted octanol–water partition coefficient (Wildman–Crippen LogP) is 1.82. The maximum atomic E-state index is 9.65. The minimum Gasteiger partial charge on any atom is -0.466 e. The Morgan fingerprint density at radius 2 is 2.50 bits per heavy atom. The molecule has 0 bridgehead atoms. The summed E-state index contributed by atoms with van der Waals surface area (Å²) in [5, 5.41) is 9.65. The second-order valence-corrected chi connectivity index (χ2v) is 3.24. The van der Waals surface area contributed by atoms with E-state index in [1.54, 1.807) is 30.1 Å². The molecule has 2 aromatic rings. The SMILES string of the molecule is OC(c1ccco1)c1cncs1. The van der Waals surface area contributed by atoms with E-state index < -0.39 is 6.10 Å². The summed E-state index contributed by atoms with van der Waals surface area (Å²) in [5.41, 5.74) is 1.68. The van der Waals surface area contributed by atoms with E-state index in [4.69, 9.17) is 4.42 Å². The standard InChI is InChI=1S/C8H7NO2S/c10-8(6-2-1-3-11-6)7-4-9-5-12-7/h1-5,8,10H. The van der Waals surface area contributed by atoms with Gasteiger partial charge in [0.05, 0.1) is 16.7 Å². The number of furan rings is 1. The molecule has 1 N–H and O–H groups in total. The van der Waals surface area contributed by atoms with Gasteiger partial charge in [-0.15, -0.1) is 11.3 Å². The number of aliphatic hydroxyl groups excluding tert-OH is 1. The molecule has 3 nitrogen and oxygen atoms in total. The van der Waals surface area contributed by atoms with Gasteiger partial charge in [-0.3, -0.25) is 4.98 Å². The lowest BCUT2D eigenvalue weighted by Crippen LogP contribution is -1.93. The van der Waals surface area contributed by atoms with E-state index in [-0.39, 0.29) is 0 Å². The van der Waals surface area contributed by atoms with Crippen molar-refractivity contribution in [3.8, 4) is 0 Å². The molecule has 0 aliphatic rings. The van der Waals surface area contributed by atoms with Crippen LogP contribution in [0.4, 0.5) is 0 Å². The second kappa shape index (κ2) is 3.08. The smallest absolute Gasteiger partial charge is 0.147 e. The molecule has 62 valence electrons. The monoisotopic (exact) mass is 181 g/mol. The van der Waals surface area contributed by atoms with Gasteiger partial charge in [0.25, 0.3) is 0 Å². The van der Waals surface area contributed by atoms with Crippen molar-refractivity contribution in [2.24, 2.45) is 0 Å². The van der Waals surface area contributed by atoms with Crippen molar-refractivity contribution in [2.45, 2.75) is 6.10 Å². The van der Waals surface area contributed by atoms with Crippen LogP contribution in [0.1, 0.15) is 16.7 Å². The molecule has 4 heteroatoms. The van der Waals surface area contributed by atoms with Gasteiger partial charge in [0.15, 0.2) is 0 Å². The molecule has 12 heavy (non-hydrogen) atoms. The second-order valence-electron chi connectivity index (χ2n) is 2.32. The average molecular weight is 181 g/mol. The normalized spacial score (nSPS) is 13.1. The van der Waals surface area contributed by atoms with Gasteiger partial charge in [0, 0.05) is 6.20 Å². The number of aliphatic hydroxyl groups is 1. The largest absolute Gasteiger partial charge is 0.466 e. The zero-order valence-electron chi connectivity index (χ0n) is 6.18. The third-order valence-electron chi connectivity index (χ3n) is 1.53. The summed E-state index contributed by atoms with van der Waals surface area (Å²) in [5.74, 6) is 0.555. The van der Waals surface area contributed by atoms with Crippen LogP contribution in [-0.4, -0.2) is 10.1 Å². The first-order valence-corrected chi connectivity index (χ1v) is 4.36. The van der Waals surface area contributed by atoms with Gasteiger partial charge in [-0.05, 0) is 12.1 Å². The summed E-state index contributed by atoms with van der Waals surface area (Å²) in [6.07, 6.45) is 2.50. The van der Waals surface area contributed by atoms with Crippen molar-refractivity contribution < 1.29 is 9.52 Å². The molecule has 0 aromatic carbocycles. The van der Waals surface area contributed by atoms with Crippen molar-refractivity contribution in [1.29, 1.82) is 0 Å². The number of nitrogens with zero attached hydrogens (tertiary/aromatic N) is 1. The van der Waals surface area contributed by atoms with Crippen LogP contribution in [0.5, 0.6) is 0 Å². The molecule has 0 saturated carbocycles. The first-order chi connectivity index (χ1) is 5.88. The van der Waals surface area contributed by atoms with Crippen LogP contribution in [0.15, 0.2) is 34.5 Å². The summed E-state index contributed by atoms with van der Waals surface area (Å²) < 4.78 is 5.05. The van der Waals surface area contributed by atoms with Crippen LogP contribution >= 0.6 is 11.3 Å². The summed E-state index contributed by atoms with van der Waals surface area (Å²) in [4.78, 5) is 4.67. The van der Waals surface area contributed by atoms with Gasteiger partial charge in [0.2, 0.25) is 0 Å². The Kier molecular flexibility index (Phi) is 1.93. The van der Waals surface area contributed by atoms with Crippen LogP contribution in [0.25, 0.3) is 0 Å². The molecular formula is C8H7NO2S. The first-order valence-electron chi connectivity index (χ1n) is 3.48. The fourth-order valence-corrected chi connectivity index (χ4v) is 1.56. The minimum absolute atomic E-state index is 0.555. The first kappa shape index (κ1) is 7.52. The Morgan fingerprint density at radius 1 is 1.58 bits per heavy atom. The topological polar surface area (TPSA) is 46.3 Å². The number of hydrogen-bond donors (Lipinski definition) is 1. The van der Waals surface area contributed by atoms with E-state index >= 15 is 0 Å². The third kappa shape index (κ3) is 1.26. The van der Waals surface area contributed by atoms with Crippen molar-refractivity contribution in [3.63, 3.8) is 0 Å². The van der Waals surface area contributed by atoms with Crippen LogP contribution in [0.3, 0.4) is 0 Å². The molecule has 0 radical (unpaired) electrons. The van der Waals surface area contributed by atoms with Gasteiger partial charge >= 0.3 is 0 Å². The summed E-state index contributed by atoms with van der Waals surface area (Å²) in [7, 11) is 0. The van der Waals surface area contributed by atoms with Crippen LogP contribution in [0, 0.1) is 0 Å². The quantitative estimate of drug-likeness (QED) is 0.768. The molecule has 2 rings (SSSR count). The van der Waals surface area contributed by atoms with E-state index in [9.17, 15) is 5.11 Å². The predicted molar refractivity (Wildman–Crippen MR) is 44.9 cm³/mol. The molecule has 2 heterocycles. The van der Waals surface area contributed by atoms with Crippen LogP contribution in [-0.2, 0) is 0 Å². The molecule has 1 unspecified atom stereocenters. The van der Waals surface area contributed by atoms with Gasteiger partial charge in [-0.2, -0.15) is 0 Å². The molecular weight excluding hydrogens is 174 g/mol. The maximum absolute atomic E-state index is 9.65. The highest BCUT2D eigenvalue weighted by Crippen LogP contribution is 2.24. The highest BCUT2D eigenvalue weighted by Gasteiger charge is 2.13. The lowest BCUT2D eigenvalue weighted by molar-refractivity contribution is 0.192. The van der Waals surface area contributed by atoms with Crippen molar-refractivity contribution in [3.05, 3.63) is 40.7 Å². The van der Waals surface area contributed by atoms with E-state index in [2.05, 4.69) is 4.98 Å². The van der Waals surface area contributed by atoms with Gasteiger partial charge in [-0.1, -0.05) is 0 Å².